The largest absolute Gasteiger partial charge is 0.497 e. The molecule has 1 amide bonds. The number of aliphatic carboxylic acids is 1. The number of anilines is 1. The molecule has 1 rings (SSSR count). The normalized spacial score (nSPS) is 9.90. The number of ether oxygens (including phenoxy) is 1. The molecule has 0 radical (unpaired) electrons. The molecule has 0 spiro atoms. The first-order valence-corrected chi connectivity index (χ1v) is 6.05. The van der Waals surface area contributed by atoms with Gasteiger partial charge < -0.3 is 25.2 Å². The van der Waals surface area contributed by atoms with Crippen LogP contribution in [0.25, 0.3) is 0 Å². The highest BCUT2D eigenvalue weighted by Crippen LogP contribution is 2.18. The van der Waals surface area contributed by atoms with Gasteiger partial charge in [0.25, 0.3) is 0 Å². The molecule has 0 aliphatic heterocycles. The lowest BCUT2D eigenvalue weighted by Gasteiger charge is -2.22. The lowest BCUT2D eigenvalue weighted by molar-refractivity contribution is -0.135. The Bertz CT molecular complexity index is 447. The lowest BCUT2D eigenvalue weighted by atomic mass is 10.2. The average molecular weight is 282 g/mol. The highest BCUT2D eigenvalue weighted by molar-refractivity contribution is 5.84. The monoisotopic (exact) mass is 282 g/mol. The number of nitrogens with zero attached hydrogens (tertiary/aromatic N) is 1. The Labute approximate surface area is 116 Å². The van der Waals surface area contributed by atoms with Crippen LogP contribution in [0.5, 0.6) is 5.75 Å². The zero-order chi connectivity index (χ0) is 15.0. The van der Waals surface area contributed by atoms with Gasteiger partial charge in [-0.3, -0.25) is 9.59 Å². The summed E-state index contributed by atoms with van der Waals surface area (Å²) in [4.78, 5) is 23.9. The van der Waals surface area contributed by atoms with Gasteiger partial charge in [0.2, 0.25) is 5.91 Å². The Kier molecular flexibility index (Phi) is 6.31. The van der Waals surface area contributed by atoms with Crippen LogP contribution in [0.2, 0.25) is 0 Å². The van der Waals surface area contributed by atoms with Crippen molar-refractivity contribution in [3.63, 3.8) is 0 Å². The quantitative estimate of drug-likeness (QED) is 0.605. The van der Waals surface area contributed by atoms with Crippen LogP contribution in [0.1, 0.15) is 0 Å². The maximum Gasteiger partial charge on any atom is 0.323 e. The van der Waals surface area contributed by atoms with Gasteiger partial charge in [0.15, 0.2) is 0 Å². The summed E-state index contributed by atoms with van der Waals surface area (Å²) in [5, 5.41) is 20.0. The molecule has 0 unspecified atom stereocenters. The van der Waals surface area contributed by atoms with Gasteiger partial charge >= 0.3 is 5.97 Å². The SMILES string of the molecule is COc1ccc(N(CC(=O)O)CC(=O)NCCO)cc1. The zero-order valence-electron chi connectivity index (χ0n) is 11.2. The summed E-state index contributed by atoms with van der Waals surface area (Å²) in [6.45, 7) is -0.410. The van der Waals surface area contributed by atoms with E-state index in [0.717, 1.165) is 0 Å². The Balaban J connectivity index is 2.76. The van der Waals surface area contributed by atoms with Gasteiger partial charge in [-0.25, -0.2) is 0 Å². The number of rotatable bonds is 8. The fraction of sp³-hybridized carbons (Fsp3) is 0.385. The lowest BCUT2D eigenvalue weighted by Crippen LogP contribution is -2.40. The Morgan fingerprint density at radius 1 is 1.25 bits per heavy atom. The summed E-state index contributed by atoms with van der Waals surface area (Å²) in [5.41, 5.74) is 0.604. The highest BCUT2D eigenvalue weighted by Gasteiger charge is 2.14. The van der Waals surface area contributed by atoms with Gasteiger partial charge in [-0.15, -0.1) is 0 Å². The average Bonchev–Trinajstić information content (AvgIpc) is 2.44. The van der Waals surface area contributed by atoms with Crippen LogP contribution in [0.15, 0.2) is 24.3 Å². The Hall–Kier alpha value is -2.28. The van der Waals surface area contributed by atoms with Crippen molar-refractivity contribution in [1.82, 2.24) is 5.32 Å². The molecule has 0 saturated carbocycles. The predicted molar refractivity (Wildman–Crippen MR) is 72.9 cm³/mol. The summed E-state index contributed by atoms with van der Waals surface area (Å²) in [7, 11) is 1.53. The molecule has 0 atom stereocenters. The van der Waals surface area contributed by atoms with E-state index in [1.165, 1.54) is 12.0 Å². The van der Waals surface area contributed by atoms with Crippen LogP contribution in [-0.2, 0) is 9.59 Å². The molecule has 1 aromatic rings. The first-order valence-electron chi connectivity index (χ1n) is 6.05. The van der Waals surface area contributed by atoms with Crippen LogP contribution in [0.3, 0.4) is 0 Å². The van der Waals surface area contributed by atoms with Crippen molar-refractivity contribution in [3.05, 3.63) is 24.3 Å². The number of carbonyl (C=O) groups is 2. The number of hydrogen-bond donors (Lipinski definition) is 3. The summed E-state index contributed by atoms with van der Waals surface area (Å²) in [5.74, 6) is -0.736. The molecule has 0 aliphatic carbocycles. The van der Waals surface area contributed by atoms with Crippen molar-refractivity contribution in [3.8, 4) is 5.75 Å². The molecule has 20 heavy (non-hydrogen) atoms. The molecule has 7 heteroatoms. The summed E-state index contributed by atoms with van der Waals surface area (Å²) >= 11 is 0. The van der Waals surface area contributed by atoms with E-state index >= 15 is 0 Å². The standard InChI is InChI=1S/C13H18N2O5/c1-20-11-4-2-10(3-5-11)15(9-13(18)19)8-12(17)14-6-7-16/h2-5,16H,6-9H2,1H3,(H,14,17)(H,18,19). The maximum absolute atomic E-state index is 11.6. The van der Waals surface area contributed by atoms with Crippen molar-refractivity contribution >= 4 is 17.6 Å². The number of carboxylic acid groups (broad SMARTS) is 1. The first kappa shape index (κ1) is 15.8. The number of amides is 1. The van der Waals surface area contributed by atoms with E-state index in [9.17, 15) is 9.59 Å². The molecule has 1 aromatic carbocycles. The van der Waals surface area contributed by atoms with E-state index in [1.807, 2.05) is 0 Å². The number of methoxy groups -OCH3 is 1. The second kappa shape index (κ2) is 8.00. The van der Waals surface area contributed by atoms with E-state index in [0.29, 0.717) is 11.4 Å². The van der Waals surface area contributed by atoms with Crippen molar-refractivity contribution in [2.45, 2.75) is 0 Å². The zero-order valence-corrected chi connectivity index (χ0v) is 11.2. The molecule has 0 bridgehead atoms. The smallest absolute Gasteiger partial charge is 0.323 e. The van der Waals surface area contributed by atoms with Crippen LogP contribution < -0.4 is 15.0 Å². The van der Waals surface area contributed by atoms with E-state index in [1.54, 1.807) is 24.3 Å². The predicted octanol–water partition coefficient (Wildman–Crippen LogP) is -0.305. The first-order chi connectivity index (χ1) is 9.56. The molecule has 7 nitrogen and oxygen atoms in total. The minimum absolute atomic E-state index is 0.0986. The van der Waals surface area contributed by atoms with E-state index in [-0.39, 0.29) is 32.1 Å². The summed E-state index contributed by atoms with van der Waals surface area (Å²) in [6, 6.07) is 6.74. The molecule has 0 aliphatic rings. The summed E-state index contributed by atoms with van der Waals surface area (Å²) in [6.07, 6.45) is 0. The van der Waals surface area contributed by atoms with Gasteiger partial charge in [0.1, 0.15) is 12.3 Å². The van der Waals surface area contributed by atoms with Crippen LogP contribution in [0.4, 0.5) is 5.69 Å². The minimum atomic E-state index is -1.03. The third-order valence-corrected chi connectivity index (χ3v) is 2.53. The number of carbonyl (C=O) groups excluding carboxylic acids is 1. The topological polar surface area (TPSA) is 99.1 Å². The van der Waals surface area contributed by atoms with Gasteiger partial charge in [-0.05, 0) is 24.3 Å². The fourth-order valence-electron chi connectivity index (χ4n) is 1.62. The van der Waals surface area contributed by atoms with Crippen LogP contribution in [0, 0.1) is 0 Å². The molecule has 0 saturated heterocycles. The van der Waals surface area contributed by atoms with Gasteiger partial charge in [0, 0.05) is 12.2 Å². The number of carboxylic acids is 1. The van der Waals surface area contributed by atoms with Gasteiger partial charge in [0.05, 0.1) is 20.3 Å². The number of benzene rings is 1. The van der Waals surface area contributed by atoms with Gasteiger partial charge in [-0.1, -0.05) is 0 Å². The second-order valence-electron chi connectivity index (χ2n) is 4.02. The van der Waals surface area contributed by atoms with Gasteiger partial charge in [-0.2, -0.15) is 0 Å². The van der Waals surface area contributed by atoms with Crippen molar-refractivity contribution in [1.29, 1.82) is 0 Å². The number of nitrogens with one attached hydrogen (secondary N) is 1. The van der Waals surface area contributed by atoms with E-state index < -0.39 is 5.97 Å². The van der Waals surface area contributed by atoms with Crippen LogP contribution >= 0.6 is 0 Å². The molecular formula is C13H18N2O5. The highest BCUT2D eigenvalue weighted by atomic mass is 16.5. The van der Waals surface area contributed by atoms with E-state index in [4.69, 9.17) is 14.9 Å². The third-order valence-electron chi connectivity index (χ3n) is 2.53. The fourth-order valence-corrected chi connectivity index (χ4v) is 1.62. The Morgan fingerprint density at radius 2 is 1.90 bits per heavy atom. The second-order valence-corrected chi connectivity index (χ2v) is 4.02. The molecule has 3 N–H and O–H groups in total. The van der Waals surface area contributed by atoms with Crippen molar-refractivity contribution in [2.75, 3.05) is 38.3 Å². The molecule has 0 aromatic heterocycles. The third kappa shape index (κ3) is 5.15. The molecule has 0 heterocycles. The maximum atomic E-state index is 11.6. The number of hydrogen-bond acceptors (Lipinski definition) is 5. The van der Waals surface area contributed by atoms with E-state index in [2.05, 4.69) is 5.32 Å². The minimum Gasteiger partial charge on any atom is -0.497 e. The Morgan fingerprint density at radius 3 is 2.40 bits per heavy atom. The van der Waals surface area contributed by atoms with Crippen molar-refractivity contribution in [2.24, 2.45) is 0 Å². The molecule has 0 fully saturated rings. The van der Waals surface area contributed by atoms with Crippen LogP contribution in [-0.4, -0.2) is 55.4 Å². The number of aliphatic hydroxyl groups excluding tert-OH is 1. The molecular weight excluding hydrogens is 264 g/mol. The molecule has 110 valence electrons. The summed E-state index contributed by atoms with van der Waals surface area (Å²) < 4.78 is 5.02. The number of aliphatic hydroxyl groups is 1. The van der Waals surface area contributed by atoms with Crippen molar-refractivity contribution < 1.29 is 24.5 Å².